The molecule has 0 aliphatic carbocycles. The molecule has 0 bridgehead atoms. The van der Waals surface area contributed by atoms with Crippen molar-refractivity contribution in [3.63, 3.8) is 0 Å². The van der Waals surface area contributed by atoms with Crippen molar-refractivity contribution in [1.29, 1.82) is 0 Å². The van der Waals surface area contributed by atoms with Gasteiger partial charge in [-0.05, 0) is 55.2 Å². The van der Waals surface area contributed by atoms with Crippen LogP contribution in [0.1, 0.15) is 36.1 Å². The first-order chi connectivity index (χ1) is 13.0. The molecule has 0 heterocycles. The Morgan fingerprint density at radius 2 is 1.68 bits per heavy atom. The number of rotatable bonds is 7. The lowest BCUT2D eigenvalue weighted by Gasteiger charge is -2.24. The summed E-state index contributed by atoms with van der Waals surface area (Å²) in [7, 11) is -3.71. The summed E-state index contributed by atoms with van der Waals surface area (Å²) in [5.74, 6) is -0.411. The molecule has 0 saturated carbocycles. The molecule has 0 spiro atoms. The molecule has 1 N–H and O–H groups in total. The highest BCUT2D eigenvalue weighted by Crippen LogP contribution is 2.27. The van der Waals surface area contributed by atoms with Crippen molar-refractivity contribution in [2.45, 2.75) is 33.2 Å². The molecule has 0 radical (unpaired) electrons. The van der Waals surface area contributed by atoms with E-state index < -0.39 is 15.9 Å². The van der Waals surface area contributed by atoms with Crippen molar-refractivity contribution in [1.82, 2.24) is 5.32 Å². The quantitative estimate of drug-likeness (QED) is 0.678. The van der Waals surface area contributed by atoms with Crippen molar-refractivity contribution in [2.75, 3.05) is 17.1 Å². The summed E-state index contributed by atoms with van der Waals surface area (Å²) in [6.45, 7) is 5.64. The molecule has 152 valence electrons. The Morgan fingerprint density at radius 1 is 1.07 bits per heavy atom. The van der Waals surface area contributed by atoms with Crippen molar-refractivity contribution < 1.29 is 13.2 Å². The van der Waals surface area contributed by atoms with E-state index in [0.717, 1.165) is 21.7 Å². The molecule has 2 rings (SSSR count). The minimum atomic E-state index is -3.71. The zero-order chi connectivity index (χ0) is 21.1. The van der Waals surface area contributed by atoms with Crippen molar-refractivity contribution >= 4 is 44.8 Å². The highest BCUT2D eigenvalue weighted by atomic mass is 35.5. The highest BCUT2D eigenvalue weighted by Gasteiger charge is 2.23. The van der Waals surface area contributed by atoms with Gasteiger partial charge in [0.15, 0.2) is 0 Å². The van der Waals surface area contributed by atoms with Crippen LogP contribution in [0.25, 0.3) is 0 Å². The third kappa shape index (κ3) is 5.87. The summed E-state index contributed by atoms with van der Waals surface area (Å²) in [6.07, 6.45) is 1.71. The Hall–Kier alpha value is -1.76. The second kappa shape index (κ2) is 9.16. The van der Waals surface area contributed by atoms with E-state index in [9.17, 15) is 13.2 Å². The van der Waals surface area contributed by atoms with E-state index in [-0.39, 0.29) is 28.3 Å². The van der Waals surface area contributed by atoms with Gasteiger partial charge in [-0.25, -0.2) is 8.42 Å². The van der Waals surface area contributed by atoms with E-state index in [4.69, 9.17) is 23.2 Å². The average Bonchev–Trinajstić information content (AvgIpc) is 2.58. The Kier molecular flexibility index (Phi) is 7.37. The summed E-state index contributed by atoms with van der Waals surface area (Å²) >= 11 is 12.0. The number of benzene rings is 2. The normalized spacial score (nSPS) is 12.5. The minimum Gasteiger partial charge on any atom is -0.348 e. The monoisotopic (exact) mass is 442 g/mol. The average molecular weight is 443 g/mol. The SMILES string of the molecule is CC[C@H](NC(=O)CN(c1cc(Cl)cc(Cl)c1)S(C)(=O)=O)c1ccc(C)c(C)c1. The number of nitrogens with one attached hydrogen (secondary N) is 1. The first kappa shape index (κ1) is 22.5. The third-order valence-electron chi connectivity index (χ3n) is 4.50. The zero-order valence-electron chi connectivity index (χ0n) is 16.3. The number of carbonyl (C=O) groups is 1. The number of anilines is 1. The number of aryl methyl sites for hydroxylation is 2. The van der Waals surface area contributed by atoms with E-state index in [0.29, 0.717) is 6.42 Å². The number of carbonyl (C=O) groups excluding carboxylic acids is 1. The predicted molar refractivity (Wildman–Crippen MR) is 116 cm³/mol. The van der Waals surface area contributed by atoms with Gasteiger partial charge in [-0.1, -0.05) is 48.3 Å². The van der Waals surface area contributed by atoms with Crippen molar-refractivity contribution in [3.05, 3.63) is 63.1 Å². The Labute approximate surface area is 176 Å². The van der Waals surface area contributed by atoms with Gasteiger partial charge in [0.2, 0.25) is 15.9 Å². The van der Waals surface area contributed by atoms with Gasteiger partial charge >= 0.3 is 0 Å². The van der Waals surface area contributed by atoms with Crippen LogP contribution in [0.3, 0.4) is 0 Å². The van der Waals surface area contributed by atoms with Gasteiger partial charge in [0.05, 0.1) is 18.0 Å². The van der Waals surface area contributed by atoms with Gasteiger partial charge in [0, 0.05) is 10.0 Å². The molecule has 1 atom stereocenters. The minimum absolute atomic E-state index is 0.212. The fraction of sp³-hybridized carbons (Fsp3) is 0.350. The van der Waals surface area contributed by atoms with Crippen LogP contribution < -0.4 is 9.62 Å². The number of hydrogen-bond acceptors (Lipinski definition) is 3. The Morgan fingerprint density at radius 3 is 2.18 bits per heavy atom. The van der Waals surface area contributed by atoms with E-state index in [1.807, 2.05) is 39.0 Å². The molecular weight excluding hydrogens is 419 g/mol. The second-order valence-corrected chi connectivity index (χ2v) is 9.55. The summed E-state index contributed by atoms with van der Waals surface area (Å²) in [6, 6.07) is 10.2. The van der Waals surface area contributed by atoms with E-state index in [2.05, 4.69) is 5.32 Å². The Bertz CT molecular complexity index is 957. The topological polar surface area (TPSA) is 66.5 Å². The molecule has 2 aromatic carbocycles. The van der Waals surface area contributed by atoms with Gasteiger partial charge in [0.1, 0.15) is 6.54 Å². The summed E-state index contributed by atoms with van der Waals surface area (Å²) in [5, 5.41) is 3.50. The first-order valence-corrected chi connectivity index (χ1v) is 11.4. The lowest BCUT2D eigenvalue weighted by molar-refractivity contribution is -0.120. The maximum Gasteiger partial charge on any atom is 0.241 e. The van der Waals surface area contributed by atoms with E-state index >= 15 is 0 Å². The number of hydrogen-bond donors (Lipinski definition) is 1. The first-order valence-electron chi connectivity index (χ1n) is 8.81. The van der Waals surface area contributed by atoms with Crippen LogP contribution in [0.4, 0.5) is 5.69 Å². The smallest absolute Gasteiger partial charge is 0.241 e. The van der Waals surface area contributed by atoms with Crippen LogP contribution in [0.15, 0.2) is 36.4 Å². The summed E-state index contributed by atoms with van der Waals surface area (Å²) in [5.41, 5.74) is 3.53. The maximum absolute atomic E-state index is 12.7. The number of sulfonamides is 1. The molecular formula is C20H24Cl2N2O3S. The van der Waals surface area contributed by atoms with E-state index in [1.165, 1.54) is 23.8 Å². The van der Waals surface area contributed by atoms with Gasteiger partial charge in [-0.15, -0.1) is 0 Å². The fourth-order valence-corrected chi connectivity index (χ4v) is 4.21. The molecule has 0 aliphatic rings. The lowest BCUT2D eigenvalue weighted by Crippen LogP contribution is -2.41. The van der Waals surface area contributed by atoms with Crippen molar-refractivity contribution in [2.24, 2.45) is 0 Å². The fourth-order valence-electron chi connectivity index (χ4n) is 2.86. The van der Waals surface area contributed by atoms with E-state index in [1.54, 1.807) is 0 Å². The lowest BCUT2D eigenvalue weighted by atomic mass is 9.99. The number of nitrogens with zero attached hydrogens (tertiary/aromatic N) is 1. The van der Waals surface area contributed by atoms with Crippen LogP contribution in [0.5, 0.6) is 0 Å². The molecule has 2 aromatic rings. The Balaban J connectivity index is 2.24. The summed E-state index contributed by atoms with van der Waals surface area (Å²) < 4.78 is 25.5. The molecule has 5 nitrogen and oxygen atoms in total. The summed E-state index contributed by atoms with van der Waals surface area (Å²) in [4.78, 5) is 12.7. The molecule has 0 aliphatic heterocycles. The van der Waals surface area contributed by atoms with Crippen molar-refractivity contribution in [3.8, 4) is 0 Å². The largest absolute Gasteiger partial charge is 0.348 e. The van der Waals surface area contributed by atoms with Gasteiger partial charge < -0.3 is 5.32 Å². The zero-order valence-corrected chi connectivity index (χ0v) is 18.6. The van der Waals surface area contributed by atoms with Crippen LogP contribution in [-0.4, -0.2) is 27.1 Å². The second-order valence-electron chi connectivity index (χ2n) is 6.77. The number of halogens is 2. The van der Waals surface area contributed by atoms with Gasteiger partial charge in [0.25, 0.3) is 0 Å². The maximum atomic E-state index is 12.7. The van der Waals surface area contributed by atoms with Crippen LogP contribution >= 0.6 is 23.2 Å². The molecule has 0 unspecified atom stereocenters. The highest BCUT2D eigenvalue weighted by molar-refractivity contribution is 7.92. The van der Waals surface area contributed by atoms with Gasteiger partial charge in [-0.2, -0.15) is 0 Å². The van der Waals surface area contributed by atoms with Crippen LogP contribution in [0.2, 0.25) is 10.0 Å². The van der Waals surface area contributed by atoms with Crippen LogP contribution in [-0.2, 0) is 14.8 Å². The molecule has 0 fully saturated rings. The molecule has 8 heteroatoms. The third-order valence-corrected chi connectivity index (χ3v) is 6.08. The number of amides is 1. The standard InChI is InChI=1S/C20H24Cl2N2O3S/c1-5-19(15-7-6-13(2)14(3)8-15)23-20(25)12-24(28(4,26)27)18-10-16(21)9-17(22)11-18/h6-11,19H,5,12H2,1-4H3,(H,23,25)/t19-/m0/s1. The predicted octanol–water partition coefficient (Wildman–Crippen LogP) is 4.64. The molecule has 0 saturated heterocycles. The van der Waals surface area contributed by atoms with Crippen LogP contribution in [0, 0.1) is 13.8 Å². The molecule has 0 aromatic heterocycles. The molecule has 28 heavy (non-hydrogen) atoms. The van der Waals surface area contributed by atoms with Gasteiger partial charge in [-0.3, -0.25) is 9.10 Å². The molecule has 1 amide bonds.